The van der Waals surface area contributed by atoms with Crippen molar-refractivity contribution in [2.75, 3.05) is 0 Å². The predicted octanol–water partition coefficient (Wildman–Crippen LogP) is 5.83. The van der Waals surface area contributed by atoms with Crippen LogP contribution < -0.4 is 0 Å². The number of rotatable bonds is 1. The van der Waals surface area contributed by atoms with E-state index in [9.17, 15) is 0 Å². The summed E-state index contributed by atoms with van der Waals surface area (Å²) in [6, 6.07) is 9.74. The van der Waals surface area contributed by atoms with Crippen LogP contribution in [-0.2, 0) is 0 Å². The van der Waals surface area contributed by atoms with Crippen LogP contribution in [0.2, 0.25) is 0 Å². The summed E-state index contributed by atoms with van der Waals surface area (Å²) in [4.78, 5) is 8.13. The topological polar surface area (TPSA) is 49.6 Å². The molecule has 0 aromatic carbocycles. The minimum absolute atomic E-state index is 0.591. The SMILES string of the molecule is CC.CC.Cc1ccc(C#N)cn1.Cc1ccc(C(C)C)cn1. The molecular weight excluding hydrogens is 282 g/mol. The van der Waals surface area contributed by atoms with E-state index in [1.807, 2.05) is 59.9 Å². The number of pyridine rings is 2. The van der Waals surface area contributed by atoms with Crippen molar-refractivity contribution < 1.29 is 0 Å². The zero-order chi connectivity index (χ0) is 18.3. The third-order valence-corrected chi connectivity index (χ3v) is 2.64. The van der Waals surface area contributed by atoms with E-state index in [2.05, 4.69) is 35.9 Å². The van der Waals surface area contributed by atoms with Gasteiger partial charge in [-0.25, -0.2) is 0 Å². The van der Waals surface area contributed by atoms with Crippen LogP contribution in [0.3, 0.4) is 0 Å². The second-order valence-electron chi connectivity index (χ2n) is 4.69. The highest BCUT2D eigenvalue weighted by atomic mass is 14.7. The Bertz CT molecular complexity index is 535. The molecule has 126 valence electrons. The van der Waals surface area contributed by atoms with Gasteiger partial charge in [0.2, 0.25) is 0 Å². The van der Waals surface area contributed by atoms with Crippen molar-refractivity contribution in [3.8, 4) is 6.07 Å². The Labute approximate surface area is 142 Å². The van der Waals surface area contributed by atoms with Crippen LogP contribution in [0.25, 0.3) is 0 Å². The Balaban J connectivity index is 0. The third kappa shape index (κ3) is 11.1. The quantitative estimate of drug-likeness (QED) is 0.665. The van der Waals surface area contributed by atoms with Crippen molar-refractivity contribution in [1.29, 1.82) is 5.26 Å². The molecule has 23 heavy (non-hydrogen) atoms. The van der Waals surface area contributed by atoms with Gasteiger partial charge in [0.15, 0.2) is 0 Å². The van der Waals surface area contributed by atoms with Crippen LogP contribution in [0.1, 0.15) is 70.0 Å². The van der Waals surface area contributed by atoms with Crippen molar-refractivity contribution in [1.82, 2.24) is 9.97 Å². The Morgan fingerprint density at radius 2 is 1.30 bits per heavy atom. The first-order valence-corrected chi connectivity index (χ1v) is 8.28. The van der Waals surface area contributed by atoms with Gasteiger partial charge in [0.25, 0.3) is 0 Å². The Hall–Kier alpha value is -2.21. The molecule has 0 saturated heterocycles. The van der Waals surface area contributed by atoms with Gasteiger partial charge in [-0.2, -0.15) is 5.26 Å². The molecule has 0 N–H and O–H groups in total. The van der Waals surface area contributed by atoms with Crippen LogP contribution in [0.15, 0.2) is 36.7 Å². The normalized spacial score (nSPS) is 8.35. The highest BCUT2D eigenvalue weighted by Gasteiger charge is 1.96. The van der Waals surface area contributed by atoms with E-state index in [1.54, 1.807) is 12.3 Å². The molecule has 2 aromatic heterocycles. The summed E-state index contributed by atoms with van der Waals surface area (Å²) in [7, 11) is 0. The molecule has 0 radical (unpaired) electrons. The molecular formula is C20H31N3. The summed E-state index contributed by atoms with van der Waals surface area (Å²) in [5.74, 6) is 0.591. The standard InChI is InChI=1S/C9H13N.C7H6N2.2C2H6/c1-7(2)9-5-4-8(3)10-6-9;1-6-2-3-7(4-8)5-9-6;2*1-2/h4-7H,1-3H3;2-3,5H,1H3;2*1-2H3. The fourth-order valence-electron chi connectivity index (χ4n) is 1.35. The van der Waals surface area contributed by atoms with E-state index >= 15 is 0 Å². The van der Waals surface area contributed by atoms with Crippen molar-refractivity contribution in [2.45, 2.75) is 61.3 Å². The van der Waals surface area contributed by atoms with Crippen molar-refractivity contribution in [2.24, 2.45) is 0 Å². The Morgan fingerprint density at radius 1 is 0.826 bits per heavy atom. The van der Waals surface area contributed by atoms with E-state index in [4.69, 9.17) is 5.26 Å². The van der Waals surface area contributed by atoms with Crippen LogP contribution in [-0.4, -0.2) is 9.97 Å². The number of hydrogen-bond acceptors (Lipinski definition) is 3. The van der Waals surface area contributed by atoms with Gasteiger partial charge in [0.05, 0.1) is 5.56 Å². The average Bonchev–Trinajstić information content (AvgIpc) is 2.60. The molecule has 0 fully saturated rings. The lowest BCUT2D eigenvalue weighted by Gasteiger charge is -2.02. The maximum atomic E-state index is 8.34. The molecule has 2 heterocycles. The molecule has 0 bridgehead atoms. The van der Waals surface area contributed by atoms with Crippen molar-refractivity contribution in [3.63, 3.8) is 0 Å². The molecule has 0 atom stereocenters. The molecule has 0 aliphatic carbocycles. The van der Waals surface area contributed by atoms with E-state index in [1.165, 1.54) is 5.56 Å². The van der Waals surface area contributed by atoms with Gasteiger partial charge in [-0.1, -0.05) is 47.6 Å². The summed E-state index contributed by atoms with van der Waals surface area (Å²) in [5, 5.41) is 8.34. The maximum absolute atomic E-state index is 8.34. The largest absolute Gasteiger partial charge is 0.261 e. The molecule has 2 rings (SSSR count). The van der Waals surface area contributed by atoms with Gasteiger partial charge >= 0.3 is 0 Å². The number of nitriles is 1. The zero-order valence-corrected chi connectivity index (χ0v) is 15.9. The summed E-state index contributed by atoms with van der Waals surface area (Å²) >= 11 is 0. The molecule has 2 aromatic rings. The van der Waals surface area contributed by atoms with Gasteiger partial charge in [0.1, 0.15) is 6.07 Å². The predicted molar refractivity (Wildman–Crippen MR) is 99.4 cm³/mol. The van der Waals surface area contributed by atoms with E-state index in [-0.39, 0.29) is 0 Å². The van der Waals surface area contributed by atoms with Gasteiger partial charge in [0, 0.05) is 23.8 Å². The lowest BCUT2D eigenvalue weighted by Crippen LogP contribution is -1.88. The Morgan fingerprint density at radius 3 is 1.61 bits per heavy atom. The monoisotopic (exact) mass is 313 g/mol. The van der Waals surface area contributed by atoms with Crippen LogP contribution in [0.4, 0.5) is 0 Å². The summed E-state index contributed by atoms with van der Waals surface area (Å²) < 4.78 is 0. The summed E-state index contributed by atoms with van der Waals surface area (Å²) in [6.45, 7) is 16.2. The summed E-state index contributed by atoms with van der Waals surface area (Å²) in [6.07, 6.45) is 3.51. The molecule has 0 saturated carbocycles. The minimum atomic E-state index is 0.591. The first-order valence-electron chi connectivity index (χ1n) is 8.28. The van der Waals surface area contributed by atoms with E-state index in [0.29, 0.717) is 11.5 Å². The molecule has 0 aliphatic rings. The first kappa shape index (κ1) is 23.1. The van der Waals surface area contributed by atoms with Crippen molar-refractivity contribution >= 4 is 0 Å². The van der Waals surface area contributed by atoms with E-state index < -0.39 is 0 Å². The molecule has 0 unspecified atom stereocenters. The zero-order valence-electron chi connectivity index (χ0n) is 15.9. The molecule has 3 nitrogen and oxygen atoms in total. The number of aryl methyl sites for hydroxylation is 2. The lowest BCUT2D eigenvalue weighted by atomic mass is 10.1. The highest BCUT2D eigenvalue weighted by molar-refractivity contribution is 5.25. The fraction of sp³-hybridized carbons (Fsp3) is 0.450. The maximum Gasteiger partial charge on any atom is 0.101 e. The molecule has 0 amide bonds. The number of aromatic nitrogens is 2. The highest BCUT2D eigenvalue weighted by Crippen LogP contribution is 2.11. The van der Waals surface area contributed by atoms with Gasteiger partial charge in [-0.05, 0) is 43.5 Å². The van der Waals surface area contributed by atoms with Crippen LogP contribution >= 0.6 is 0 Å². The van der Waals surface area contributed by atoms with Gasteiger partial charge in [-0.3, -0.25) is 9.97 Å². The van der Waals surface area contributed by atoms with Crippen LogP contribution in [0.5, 0.6) is 0 Å². The van der Waals surface area contributed by atoms with Gasteiger partial charge < -0.3 is 0 Å². The fourth-order valence-corrected chi connectivity index (χ4v) is 1.35. The lowest BCUT2D eigenvalue weighted by molar-refractivity contribution is 0.855. The van der Waals surface area contributed by atoms with Gasteiger partial charge in [-0.15, -0.1) is 0 Å². The van der Waals surface area contributed by atoms with Crippen molar-refractivity contribution in [3.05, 3.63) is 59.2 Å². The van der Waals surface area contributed by atoms with Crippen LogP contribution in [0, 0.1) is 25.2 Å². The average molecular weight is 313 g/mol. The minimum Gasteiger partial charge on any atom is -0.261 e. The Kier molecular flexibility index (Phi) is 14.8. The molecule has 3 heteroatoms. The molecule has 0 spiro atoms. The molecule has 0 aliphatic heterocycles. The number of nitrogens with zero attached hydrogens (tertiary/aromatic N) is 3. The number of hydrogen-bond donors (Lipinski definition) is 0. The van der Waals surface area contributed by atoms with E-state index in [0.717, 1.165) is 11.4 Å². The second-order valence-corrected chi connectivity index (χ2v) is 4.69. The first-order chi connectivity index (χ1) is 11.0. The smallest absolute Gasteiger partial charge is 0.101 e. The summed E-state index contributed by atoms with van der Waals surface area (Å²) in [5.41, 5.74) is 3.95. The third-order valence-electron chi connectivity index (χ3n) is 2.64. The second kappa shape index (κ2) is 14.7.